The third-order valence-electron chi connectivity index (χ3n) is 2.83. The Labute approximate surface area is 114 Å². The standard InChI is InChI=1S/C14H22N2O3/c1-16(9-4-8-15)14(18)11-19-13-6-3-2-5-12(13)7-10-17/h2-3,5-6,17H,4,7-11,15H2,1H3. The zero-order chi connectivity index (χ0) is 14.1. The number of nitrogens with two attached hydrogens (primary N) is 1. The van der Waals surface area contributed by atoms with Gasteiger partial charge in [-0.1, -0.05) is 18.2 Å². The van der Waals surface area contributed by atoms with Crippen LogP contribution in [0, 0.1) is 0 Å². The number of hydrogen-bond donors (Lipinski definition) is 2. The van der Waals surface area contributed by atoms with Gasteiger partial charge in [-0.25, -0.2) is 0 Å². The van der Waals surface area contributed by atoms with Gasteiger partial charge >= 0.3 is 0 Å². The van der Waals surface area contributed by atoms with Crippen molar-refractivity contribution in [3.05, 3.63) is 29.8 Å². The molecule has 0 unspecified atom stereocenters. The third-order valence-corrected chi connectivity index (χ3v) is 2.83. The van der Waals surface area contributed by atoms with Crippen LogP contribution < -0.4 is 10.5 Å². The van der Waals surface area contributed by atoms with Crippen molar-refractivity contribution in [3.8, 4) is 5.75 Å². The van der Waals surface area contributed by atoms with Gasteiger partial charge < -0.3 is 20.5 Å². The Kier molecular flexibility index (Phi) is 6.92. The molecule has 0 aromatic heterocycles. The predicted octanol–water partition coefficient (Wildman–Crippen LogP) is 0.407. The fourth-order valence-electron chi connectivity index (χ4n) is 1.67. The van der Waals surface area contributed by atoms with Crippen LogP contribution in [0.25, 0.3) is 0 Å². The largest absolute Gasteiger partial charge is 0.483 e. The number of carbonyl (C=O) groups excluding carboxylic acids is 1. The minimum absolute atomic E-state index is 0.00349. The molecule has 5 nitrogen and oxygen atoms in total. The maximum atomic E-state index is 11.8. The molecule has 0 saturated carbocycles. The van der Waals surface area contributed by atoms with Crippen LogP contribution in [0.1, 0.15) is 12.0 Å². The zero-order valence-corrected chi connectivity index (χ0v) is 11.3. The zero-order valence-electron chi connectivity index (χ0n) is 11.3. The van der Waals surface area contributed by atoms with Gasteiger partial charge in [-0.05, 0) is 31.0 Å². The molecule has 0 bridgehead atoms. The van der Waals surface area contributed by atoms with Crippen LogP contribution in [-0.4, -0.2) is 49.3 Å². The van der Waals surface area contributed by atoms with Gasteiger partial charge in [-0.2, -0.15) is 0 Å². The molecule has 106 valence electrons. The van der Waals surface area contributed by atoms with Gasteiger partial charge in [-0.15, -0.1) is 0 Å². The highest BCUT2D eigenvalue weighted by Gasteiger charge is 2.10. The number of hydrogen-bond acceptors (Lipinski definition) is 4. The number of likely N-dealkylation sites (N-methyl/N-ethyl adjacent to an activating group) is 1. The highest BCUT2D eigenvalue weighted by Crippen LogP contribution is 2.18. The molecule has 0 radical (unpaired) electrons. The van der Waals surface area contributed by atoms with E-state index in [1.807, 2.05) is 18.2 Å². The van der Waals surface area contributed by atoms with E-state index < -0.39 is 0 Å². The second-order valence-corrected chi connectivity index (χ2v) is 4.33. The molecule has 19 heavy (non-hydrogen) atoms. The van der Waals surface area contributed by atoms with Gasteiger partial charge in [0.1, 0.15) is 5.75 Å². The van der Waals surface area contributed by atoms with Crippen molar-refractivity contribution >= 4 is 5.91 Å². The predicted molar refractivity (Wildman–Crippen MR) is 74.0 cm³/mol. The lowest BCUT2D eigenvalue weighted by Crippen LogP contribution is -2.33. The molecule has 1 aromatic carbocycles. The molecule has 0 saturated heterocycles. The van der Waals surface area contributed by atoms with Crippen molar-refractivity contribution in [2.24, 2.45) is 5.73 Å². The van der Waals surface area contributed by atoms with Gasteiger partial charge in [0.15, 0.2) is 6.61 Å². The van der Waals surface area contributed by atoms with Gasteiger partial charge in [0.05, 0.1) is 0 Å². The molecule has 0 aliphatic rings. The number of carbonyl (C=O) groups is 1. The normalized spacial score (nSPS) is 10.3. The first-order valence-corrected chi connectivity index (χ1v) is 6.44. The third kappa shape index (κ3) is 5.28. The van der Waals surface area contributed by atoms with Gasteiger partial charge in [0, 0.05) is 20.2 Å². The van der Waals surface area contributed by atoms with E-state index in [4.69, 9.17) is 15.6 Å². The van der Waals surface area contributed by atoms with E-state index in [2.05, 4.69) is 0 Å². The first-order valence-electron chi connectivity index (χ1n) is 6.44. The van der Waals surface area contributed by atoms with Gasteiger partial charge in [0.25, 0.3) is 5.91 Å². The molecule has 0 aliphatic heterocycles. The molecule has 1 rings (SSSR count). The molecule has 1 amide bonds. The lowest BCUT2D eigenvalue weighted by molar-refractivity contribution is -0.132. The number of ether oxygens (including phenoxy) is 1. The molecule has 0 fully saturated rings. The Morgan fingerprint density at radius 1 is 1.42 bits per heavy atom. The Morgan fingerprint density at radius 3 is 2.84 bits per heavy atom. The van der Waals surface area contributed by atoms with Crippen LogP contribution in [0.5, 0.6) is 5.75 Å². The summed E-state index contributed by atoms with van der Waals surface area (Å²) in [6, 6.07) is 7.41. The number of amides is 1. The van der Waals surface area contributed by atoms with Crippen LogP contribution in [0.3, 0.4) is 0 Å². The van der Waals surface area contributed by atoms with Crippen LogP contribution in [0.4, 0.5) is 0 Å². The molecular formula is C14H22N2O3. The Morgan fingerprint density at radius 2 is 2.16 bits per heavy atom. The average molecular weight is 266 g/mol. The molecule has 0 heterocycles. The maximum absolute atomic E-state index is 11.8. The summed E-state index contributed by atoms with van der Waals surface area (Å²) in [5, 5.41) is 8.96. The lowest BCUT2D eigenvalue weighted by atomic mass is 10.1. The first-order chi connectivity index (χ1) is 9.19. The summed E-state index contributed by atoms with van der Waals surface area (Å²) in [6.45, 7) is 1.27. The summed E-state index contributed by atoms with van der Waals surface area (Å²) in [5.74, 6) is 0.573. The minimum Gasteiger partial charge on any atom is -0.483 e. The lowest BCUT2D eigenvalue weighted by Gasteiger charge is -2.17. The monoisotopic (exact) mass is 266 g/mol. The van der Waals surface area contributed by atoms with E-state index in [-0.39, 0.29) is 19.1 Å². The fourth-order valence-corrected chi connectivity index (χ4v) is 1.67. The van der Waals surface area contributed by atoms with E-state index in [9.17, 15) is 4.79 Å². The van der Waals surface area contributed by atoms with Crippen LogP contribution in [0.15, 0.2) is 24.3 Å². The van der Waals surface area contributed by atoms with E-state index >= 15 is 0 Å². The quantitative estimate of drug-likeness (QED) is 0.714. The summed E-state index contributed by atoms with van der Waals surface area (Å²) >= 11 is 0. The number of aliphatic hydroxyl groups excluding tert-OH is 1. The smallest absolute Gasteiger partial charge is 0.260 e. The summed E-state index contributed by atoms with van der Waals surface area (Å²) < 4.78 is 5.52. The molecule has 3 N–H and O–H groups in total. The molecule has 0 aliphatic carbocycles. The van der Waals surface area contributed by atoms with Crippen molar-refractivity contribution < 1.29 is 14.6 Å². The van der Waals surface area contributed by atoms with E-state index in [0.717, 1.165) is 12.0 Å². The van der Waals surface area contributed by atoms with Crippen LogP contribution >= 0.6 is 0 Å². The van der Waals surface area contributed by atoms with Crippen LogP contribution in [-0.2, 0) is 11.2 Å². The van der Waals surface area contributed by atoms with Crippen LogP contribution in [0.2, 0.25) is 0 Å². The Balaban J connectivity index is 2.49. The summed E-state index contributed by atoms with van der Waals surface area (Å²) in [6.07, 6.45) is 1.30. The van der Waals surface area contributed by atoms with Crippen molar-refractivity contribution in [2.45, 2.75) is 12.8 Å². The molecular weight excluding hydrogens is 244 g/mol. The minimum atomic E-state index is -0.0766. The summed E-state index contributed by atoms with van der Waals surface area (Å²) in [4.78, 5) is 13.4. The Hall–Kier alpha value is -1.59. The van der Waals surface area contributed by atoms with Crippen molar-refractivity contribution in [1.82, 2.24) is 4.90 Å². The Bertz CT molecular complexity index is 396. The van der Waals surface area contributed by atoms with Crippen molar-refractivity contribution in [2.75, 3.05) is 33.4 Å². The highest BCUT2D eigenvalue weighted by atomic mass is 16.5. The van der Waals surface area contributed by atoms with E-state index in [1.165, 1.54) is 0 Å². The number of rotatable bonds is 8. The summed E-state index contributed by atoms with van der Waals surface area (Å²) in [5.41, 5.74) is 6.31. The van der Waals surface area contributed by atoms with Gasteiger partial charge in [0.2, 0.25) is 0 Å². The summed E-state index contributed by atoms with van der Waals surface area (Å²) in [7, 11) is 1.74. The van der Waals surface area contributed by atoms with E-state index in [0.29, 0.717) is 25.3 Å². The molecule has 1 aromatic rings. The number of benzene rings is 1. The second kappa shape index (κ2) is 8.50. The molecule has 0 atom stereocenters. The number of para-hydroxylation sites is 1. The SMILES string of the molecule is CN(CCCN)C(=O)COc1ccccc1CCO. The highest BCUT2D eigenvalue weighted by molar-refractivity contribution is 5.77. The first kappa shape index (κ1) is 15.5. The van der Waals surface area contributed by atoms with Crippen molar-refractivity contribution in [1.29, 1.82) is 0 Å². The molecule has 0 spiro atoms. The average Bonchev–Trinajstić information content (AvgIpc) is 2.43. The molecule has 5 heteroatoms. The number of aliphatic hydroxyl groups is 1. The van der Waals surface area contributed by atoms with E-state index in [1.54, 1.807) is 18.0 Å². The maximum Gasteiger partial charge on any atom is 0.260 e. The van der Waals surface area contributed by atoms with Gasteiger partial charge in [-0.3, -0.25) is 4.79 Å². The second-order valence-electron chi connectivity index (χ2n) is 4.33. The topological polar surface area (TPSA) is 75.8 Å². The number of nitrogens with zero attached hydrogens (tertiary/aromatic N) is 1. The van der Waals surface area contributed by atoms with Crippen molar-refractivity contribution in [3.63, 3.8) is 0 Å². The fraction of sp³-hybridized carbons (Fsp3) is 0.500.